The van der Waals surface area contributed by atoms with Crippen LogP contribution in [0.5, 0.6) is 0 Å². The number of guanidine groups is 1. The van der Waals surface area contributed by atoms with Gasteiger partial charge in [0.1, 0.15) is 6.23 Å². The maximum Gasteiger partial charge on any atom is 0.195 e. The van der Waals surface area contributed by atoms with Gasteiger partial charge in [-0.2, -0.15) is 0 Å². The fourth-order valence-corrected chi connectivity index (χ4v) is 2.15. The number of hydrogen-bond acceptors (Lipinski definition) is 4. The van der Waals surface area contributed by atoms with Crippen molar-refractivity contribution >= 4 is 5.96 Å². The molecule has 6 heteroatoms. The minimum atomic E-state index is -0.740. The van der Waals surface area contributed by atoms with Gasteiger partial charge in [-0.15, -0.1) is 0 Å². The Kier molecular flexibility index (Phi) is 7.58. The highest BCUT2D eigenvalue weighted by atomic mass is 16.6. The number of nitrogens with zero attached hydrogens (tertiary/aromatic N) is 1. The van der Waals surface area contributed by atoms with Crippen molar-refractivity contribution in [3.8, 4) is 0 Å². The highest BCUT2D eigenvalue weighted by Gasteiger charge is 2.36. The predicted octanol–water partition coefficient (Wildman–Crippen LogP) is 1.45. The van der Waals surface area contributed by atoms with Crippen LogP contribution < -0.4 is 11.1 Å². The molecule has 0 radical (unpaired) electrons. The van der Waals surface area contributed by atoms with Crippen LogP contribution in [0, 0.1) is 0 Å². The fourth-order valence-electron chi connectivity index (χ4n) is 2.15. The number of aliphatic hydroxyl groups excluding tert-OH is 1. The van der Waals surface area contributed by atoms with E-state index in [1.165, 1.54) is 0 Å². The normalized spacial score (nSPS) is 29.0. The number of hydrogen-bond donors (Lipinski definition) is 3. The first-order valence-electron chi connectivity index (χ1n) is 7.30. The van der Waals surface area contributed by atoms with Gasteiger partial charge in [-0.3, -0.25) is 0 Å². The molecule has 6 nitrogen and oxygen atoms in total. The first-order chi connectivity index (χ1) is 9.60. The summed E-state index contributed by atoms with van der Waals surface area (Å²) in [6.07, 6.45) is 5.43. The van der Waals surface area contributed by atoms with E-state index in [1.807, 2.05) is 13.8 Å². The summed E-state index contributed by atoms with van der Waals surface area (Å²) in [5.74, 6) is 0.319. The molecule has 0 saturated carbocycles. The standard InChI is InChI=1S/C14H27N3O3/c1-4-7-10-11(20-13(18)6-3)9-12(19-10)17-14(15)16-8-5-2/h5,8,10-13,18H,4,6-7,9H2,1-3H3,(H3,15,16,17)/b8-5-/t10-,11+,12?,13-/m0/s1. The molecule has 0 spiro atoms. The van der Waals surface area contributed by atoms with E-state index in [4.69, 9.17) is 15.2 Å². The van der Waals surface area contributed by atoms with Gasteiger partial charge in [-0.25, -0.2) is 4.99 Å². The first kappa shape index (κ1) is 16.9. The second kappa shape index (κ2) is 8.94. The Bertz CT molecular complexity index is 334. The quantitative estimate of drug-likeness (QED) is 0.374. The highest BCUT2D eigenvalue weighted by Crippen LogP contribution is 2.26. The van der Waals surface area contributed by atoms with Crippen LogP contribution in [0.2, 0.25) is 0 Å². The zero-order valence-corrected chi connectivity index (χ0v) is 12.6. The van der Waals surface area contributed by atoms with Crippen molar-refractivity contribution in [2.45, 2.75) is 71.2 Å². The Morgan fingerprint density at radius 1 is 1.60 bits per heavy atom. The second-order valence-electron chi connectivity index (χ2n) is 4.87. The van der Waals surface area contributed by atoms with E-state index in [9.17, 15) is 5.11 Å². The summed E-state index contributed by atoms with van der Waals surface area (Å²) in [5, 5.41) is 12.6. The van der Waals surface area contributed by atoms with Crippen LogP contribution in [0.25, 0.3) is 0 Å². The van der Waals surface area contributed by atoms with Crippen molar-refractivity contribution in [3.05, 3.63) is 12.3 Å². The van der Waals surface area contributed by atoms with Gasteiger partial charge in [0, 0.05) is 12.6 Å². The molecule has 1 aliphatic rings. The molecule has 0 aromatic rings. The van der Waals surface area contributed by atoms with E-state index >= 15 is 0 Å². The third kappa shape index (κ3) is 5.48. The molecule has 1 aliphatic heterocycles. The average Bonchev–Trinajstić information content (AvgIpc) is 2.78. The third-order valence-electron chi connectivity index (χ3n) is 3.13. The Labute approximate surface area is 121 Å². The number of aliphatic imine (C=N–C) groups is 1. The number of ether oxygens (including phenoxy) is 2. The summed E-state index contributed by atoms with van der Waals surface area (Å²) in [4.78, 5) is 4.01. The van der Waals surface area contributed by atoms with Crippen LogP contribution in [-0.4, -0.2) is 35.8 Å². The lowest BCUT2D eigenvalue weighted by Gasteiger charge is -2.20. The number of nitrogens with one attached hydrogen (secondary N) is 1. The Hall–Kier alpha value is -1.11. The van der Waals surface area contributed by atoms with Gasteiger partial charge in [0.05, 0.1) is 12.2 Å². The van der Waals surface area contributed by atoms with Crippen LogP contribution in [0.1, 0.15) is 46.5 Å². The number of allylic oxidation sites excluding steroid dienone is 1. The summed E-state index contributed by atoms with van der Waals surface area (Å²) in [6.45, 7) is 5.85. The molecule has 4 atom stereocenters. The predicted molar refractivity (Wildman–Crippen MR) is 78.9 cm³/mol. The van der Waals surface area contributed by atoms with Gasteiger partial charge in [0.2, 0.25) is 0 Å². The lowest BCUT2D eigenvalue weighted by Crippen LogP contribution is -2.39. The fraction of sp³-hybridized carbons (Fsp3) is 0.786. The summed E-state index contributed by atoms with van der Waals surface area (Å²) in [5.41, 5.74) is 5.75. The molecular weight excluding hydrogens is 258 g/mol. The number of rotatable bonds is 7. The molecule has 1 heterocycles. The SMILES string of the molecule is C/C=C\N=C(\N)NC1C[C@@H](O[C@H](O)CC)[C@H](CCC)O1. The average molecular weight is 285 g/mol. The van der Waals surface area contributed by atoms with E-state index in [1.54, 1.807) is 12.3 Å². The molecule has 116 valence electrons. The van der Waals surface area contributed by atoms with Gasteiger partial charge < -0.3 is 25.6 Å². The third-order valence-corrected chi connectivity index (χ3v) is 3.13. The first-order valence-corrected chi connectivity index (χ1v) is 7.30. The van der Waals surface area contributed by atoms with Crippen molar-refractivity contribution in [2.24, 2.45) is 10.7 Å². The van der Waals surface area contributed by atoms with E-state index < -0.39 is 6.29 Å². The highest BCUT2D eigenvalue weighted by molar-refractivity contribution is 5.78. The second-order valence-corrected chi connectivity index (χ2v) is 4.87. The van der Waals surface area contributed by atoms with Crippen LogP contribution in [0.3, 0.4) is 0 Å². The van der Waals surface area contributed by atoms with Crippen LogP contribution in [-0.2, 0) is 9.47 Å². The van der Waals surface area contributed by atoms with Crippen LogP contribution in [0.4, 0.5) is 0 Å². The van der Waals surface area contributed by atoms with Gasteiger partial charge in [0.25, 0.3) is 0 Å². The molecule has 0 aromatic heterocycles. The van der Waals surface area contributed by atoms with Crippen molar-refractivity contribution in [1.82, 2.24) is 5.32 Å². The molecule has 0 amide bonds. The molecule has 1 saturated heterocycles. The molecule has 0 aromatic carbocycles. The largest absolute Gasteiger partial charge is 0.370 e. The van der Waals surface area contributed by atoms with E-state index in [0.29, 0.717) is 18.8 Å². The molecule has 20 heavy (non-hydrogen) atoms. The maximum atomic E-state index is 9.63. The molecule has 1 fully saturated rings. The summed E-state index contributed by atoms with van der Waals surface area (Å²) in [7, 11) is 0. The van der Waals surface area contributed by atoms with Crippen molar-refractivity contribution in [2.75, 3.05) is 0 Å². The van der Waals surface area contributed by atoms with Gasteiger partial charge in [-0.05, 0) is 19.8 Å². The lowest BCUT2D eigenvalue weighted by molar-refractivity contribution is -0.152. The monoisotopic (exact) mass is 285 g/mol. The summed E-state index contributed by atoms with van der Waals surface area (Å²) >= 11 is 0. The summed E-state index contributed by atoms with van der Waals surface area (Å²) < 4.78 is 11.5. The molecule has 1 unspecified atom stereocenters. The van der Waals surface area contributed by atoms with E-state index in [-0.39, 0.29) is 18.4 Å². The van der Waals surface area contributed by atoms with Crippen molar-refractivity contribution in [1.29, 1.82) is 0 Å². The smallest absolute Gasteiger partial charge is 0.195 e. The molecule has 0 bridgehead atoms. The zero-order valence-electron chi connectivity index (χ0n) is 12.6. The van der Waals surface area contributed by atoms with Crippen molar-refractivity contribution in [3.63, 3.8) is 0 Å². The number of nitrogens with two attached hydrogens (primary N) is 1. The Morgan fingerprint density at radius 2 is 2.35 bits per heavy atom. The Balaban J connectivity index is 2.55. The van der Waals surface area contributed by atoms with E-state index in [0.717, 1.165) is 12.8 Å². The molecule has 4 N–H and O–H groups in total. The van der Waals surface area contributed by atoms with E-state index in [2.05, 4.69) is 17.2 Å². The van der Waals surface area contributed by atoms with Gasteiger partial charge in [0.15, 0.2) is 12.2 Å². The van der Waals surface area contributed by atoms with Gasteiger partial charge >= 0.3 is 0 Å². The maximum absolute atomic E-state index is 9.63. The molecular formula is C14H27N3O3. The Morgan fingerprint density at radius 3 is 2.95 bits per heavy atom. The van der Waals surface area contributed by atoms with Crippen LogP contribution >= 0.6 is 0 Å². The lowest BCUT2D eigenvalue weighted by atomic mass is 10.1. The van der Waals surface area contributed by atoms with Crippen molar-refractivity contribution < 1.29 is 14.6 Å². The van der Waals surface area contributed by atoms with Crippen LogP contribution in [0.15, 0.2) is 17.3 Å². The minimum absolute atomic E-state index is 0.0202. The topological polar surface area (TPSA) is 89.1 Å². The zero-order chi connectivity index (χ0) is 15.0. The summed E-state index contributed by atoms with van der Waals surface area (Å²) in [6, 6.07) is 0. The minimum Gasteiger partial charge on any atom is -0.370 e. The molecule has 0 aliphatic carbocycles. The van der Waals surface area contributed by atoms with Gasteiger partial charge in [-0.1, -0.05) is 26.3 Å². The molecule has 1 rings (SSSR count). The number of aliphatic hydroxyl groups is 1.